The molecule has 3 atom stereocenters. The van der Waals surface area contributed by atoms with Crippen molar-refractivity contribution in [3.8, 4) is 16.9 Å². The van der Waals surface area contributed by atoms with Crippen LogP contribution in [0.15, 0.2) is 152 Å². The van der Waals surface area contributed by atoms with Crippen LogP contribution in [-0.2, 0) is 31.3 Å². The number of benzene rings is 5. The molecule has 0 aromatic heterocycles. The number of methoxy groups -OCH3 is 1. The summed E-state index contributed by atoms with van der Waals surface area (Å²) in [5.74, 6) is 1.01. The lowest BCUT2D eigenvalue weighted by atomic mass is 9.80. The van der Waals surface area contributed by atoms with Gasteiger partial charge in [0, 0.05) is 35.4 Å². The van der Waals surface area contributed by atoms with Crippen molar-refractivity contribution < 1.29 is 23.8 Å². The highest BCUT2D eigenvalue weighted by Crippen LogP contribution is 2.41. The summed E-state index contributed by atoms with van der Waals surface area (Å²) in [4.78, 5) is 29.7. The summed E-state index contributed by atoms with van der Waals surface area (Å²) in [5, 5.41) is 0. The molecular formula is C50H53NO5. The van der Waals surface area contributed by atoms with Crippen molar-refractivity contribution in [2.45, 2.75) is 75.7 Å². The first-order valence-corrected chi connectivity index (χ1v) is 20.2. The summed E-state index contributed by atoms with van der Waals surface area (Å²) in [6.45, 7) is 2.42. The van der Waals surface area contributed by atoms with Crippen molar-refractivity contribution in [1.29, 1.82) is 0 Å². The van der Waals surface area contributed by atoms with E-state index in [1.54, 1.807) is 7.11 Å². The number of nitrogens with zero attached hydrogens (tertiary/aromatic N) is 1. The summed E-state index contributed by atoms with van der Waals surface area (Å²) in [7, 11) is 1.68. The Kier molecular flexibility index (Phi) is 13.2. The van der Waals surface area contributed by atoms with Crippen molar-refractivity contribution in [2.24, 2.45) is 5.92 Å². The molecule has 0 amide bonds. The van der Waals surface area contributed by atoms with E-state index in [1.807, 2.05) is 103 Å². The zero-order valence-corrected chi connectivity index (χ0v) is 32.4. The number of esters is 1. The first kappa shape index (κ1) is 39.0. The minimum absolute atomic E-state index is 0.0943. The van der Waals surface area contributed by atoms with E-state index in [-0.39, 0.29) is 30.5 Å². The zero-order chi connectivity index (χ0) is 38.6. The van der Waals surface area contributed by atoms with Crippen molar-refractivity contribution in [3.05, 3.63) is 174 Å². The van der Waals surface area contributed by atoms with Crippen molar-refractivity contribution >= 4 is 11.8 Å². The SMILES string of the molecule is COc1ccc(-c2ccc(CO[C@H]3CC(=O)[C@H](N4CCCCC4)[C@H]3CCC=CCCC(=O)OC(c3ccccc3)(c3ccccc3)c3ccccc3)cc2)cc1. The lowest BCUT2D eigenvalue weighted by Crippen LogP contribution is -2.46. The van der Waals surface area contributed by atoms with E-state index in [1.165, 1.54) is 6.42 Å². The van der Waals surface area contributed by atoms with E-state index in [4.69, 9.17) is 14.2 Å². The first-order chi connectivity index (χ1) is 27.5. The minimum atomic E-state index is -1.07. The second-order valence-corrected chi connectivity index (χ2v) is 15.0. The monoisotopic (exact) mass is 747 g/mol. The Hall–Kier alpha value is -5.30. The average Bonchev–Trinajstić information content (AvgIpc) is 3.58. The van der Waals surface area contributed by atoms with Gasteiger partial charge in [0.2, 0.25) is 0 Å². The summed E-state index contributed by atoms with van der Waals surface area (Å²) in [6.07, 6.45) is 10.6. The van der Waals surface area contributed by atoms with Crippen LogP contribution < -0.4 is 4.74 Å². The van der Waals surface area contributed by atoms with Crippen LogP contribution in [0.2, 0.25) is 0 Å². The molecule has 7 rings (SSSR count). The van der Waals surface area contributed by atoms with E-state index in [2.05, 4.69) is 53.5 Å². The molecule has 0 unspecified atom stereocenters. The number of allylic oxidation sites excluding steroid dienone is 2. The number of carbonyl (C=O) groups is 2. The second-order valence-electron chi connectivity index (χ2n) is 15.0. The molecule has 1 aliphatic carbocycles. The highest BCUT2D eigenvalue weighted by atomic mass is 16.6. The van der Waals surface area contributed by atoms with Crippen LogP contribution in [0.5, 0.6) is 5.75 Å². The molecule has 0 bridgehead atoms. The third-order valence-electron chi connectivity index (χ3n) is 11.4. The molecule has 288 valence electrons. The summed E-state index contributed by atoms with van der Waals surface area (Å²) >= 11 is 0. The van der Waals surface area contributed by atoms with Crippen molar-refractivity contribution in [1.82, 2.24) is 4.90 Å². The highest BCUT2D eigenvalue weighted by Gasteiger charge is 2.45. The maximum Gasteiger partial charge on any atom is 0.307 e. The number of Topliss-reactive ketones (excluding diaryl/α,β-unsaturated/α-hetero) is 1. The second kappa shape index (κ2) is 19.0. The Morgan fingerprint density at radius 2 is 1.23 bits per heavy atom. The van der Waals surface area contributed by atoms with Gasteiger partial charge in [0.15, 0.2) is 11.4 Å². The number of ether oxygens (including phenoxy) is 3. The molecule has 5 aromatic rings. The number of hydrogen-bond donors (Lipinski definition) is 0. The van der Waals surface area contributed by atoms with Gasteiger partial charge >= 0.3 is 5.97 Å². The smallest absolute Gasteiger partial charge is 0.307 e. The normalized spacial score (nSPS) is 18.9. The molecule has 1 aliphatic heterocycles. The van der Waals surface area contributed by atoms with Gasteiger partial charge in [-0.25, -0.2) is 0 Å². The number of hydrogen-bond acceptors (Lipinski definition) is 6. The Morgan fingerprint density at radius 1 is 0.696 bits per heavy atom. The van der Waals surface area contributed by atoms with Crippen LogP contribution in [-0.4, -0.2) is 49.0 Å². The van der Waals surface area contributed by atoms with Crippen molar-refractivity contribution in [2.75, 3.05) is 20.2 Å². The third-order valence-corrected chi connectivity index (χ3v) is 11.4. The summed E-state index contributed by atoms with van der Waals surface area (Å²) in [6, 6.07) is 46.4. The number of likely N-dealkylation sites (tertiary alicyclic amines) is 1. The fraction of sp³-hybridized carbons (Fsp3) is 0.320. The predicted octanol–water partition coefficient (Wildman–Crippen LogP) is 10.3. The molecule has 1 saturated heterocycles. The number of carbonyl (C=O) groups excluding carboxylic acids is 2. The molecule has 5 aromatic carbocycles. The molecule has 1 saturated carbocycles. The molecule has 56 heavy (non-hydrogen) atoms. The van der Waals surface area contributed by atoms with Gasteiger partial charge in [0.25, 0.3) is 0 Å². The van der Waals surface area contributed by atoms with E-state index >= 15 is 0 Å². The quantitative estimate of drug-likeness (QED) is 0.0569. The largest absolute Gasteiger partial charge is 0.497 e. The van der Waals surface area contributed by atoms with Gasteiger partial charge in [-0.2, -0.15) is 0 Å². The van der Waals surface area contributed by atoms with Crippen LogP contribution in [0, 0.1) is 5.92 Å². The van der Waals surface area contributed by atoms with Crippen LogP contribution in [0.4, 0.5) is 0 Å². The highest BCUT2D eigenvalue weighted by molar-refractivity contribution is 5.87. The first-order valence-electron chi connectivity index (χ1n) is 20.2. The summed E-state index contributed by atoms with van der Waals surface area (Å²) < 4.78 is 18.4. The molecule has 0 radical (unpaired) electrons. The van der Waals surface area contributed by atoms with Crippen molar-refractivity contribution in [3.63, 3.8) is 0 Å². The van der Waals surface area contributed by atoms with Gasteiger partial charge in [-0.1, -0.05) is 146 Å². The van der Waals surface area contributed by atoms with Crippen LogP contribution in [0.25, 0.3) is 11.1 Å². The molecule has 6 heteroatoms. The van der Waals surface area contributed by atoms with Gasteiger partial charge in [-0.15, -0.1) is 0 Å². The predicted molar refractivity (Wildman–Crippen MR) is 222 cm³/mol. The van der Waals surface area contributed by atoms with E-state index in [9.17, 15) is 9.59 Å². The van der Waals surface area contributed by atoms with Crippen LogP contribution >= 0.6 is 0 Å². The van der Waals surface area contributed by atoms with Crippen LogP contribution in [0.3, 0.4) is 0 Å². The maximum atomic E-state index is 13.7. The standard InChI is InChI=1S/C50H53NO5/c1-54-44-32-30-40(31-33-44)39-28-26-38(27-29-39)37-55-47-36-46(52)49(51-34-16-7-17-35-51)45(47)24-14-2-3-15-25-48(53)56-50(41-18-8-4-9-19-41,42-20-10-5-11-21-42)43-22-12-6-13-23-43/h2-6,8-13,18-23,26-33,45,47,49H,7,14-17,24-25,34-37H2,1H3/t45-,47-,49+/m0/s1. The Morgan fingerprint density at radius 3 is 1.79 bits per heavy atom. The van der Waals surface area contributed by atoms with Gasteiger partial charge in [0.1, 0.15) is 5.75 Å². The third kappa shape index (κ3) is 9.21. The fourth-order valence-corrected chi connectivity index (χ4v) is 8.53. The lowest BCUT2D eigenvalue weighted by molar-refractivity contribution is -0.153. The molecule has 2 aliphatic rings. The molecule has 0 spiro atoms. The Bertz CT molecular complexity index is 1910. The zero-order valence-electron chi connectivity index (χ0n) is 32.4. The summed E-state index contributed by atoms with van der Waals surface area (Å²) in [5.41, 5.74) is 5.00. The van der Waals surface area contributed by atoms with Gasteiger partial charge < -0.3 is 14.2 Å². The van der Waals surface area contributed by atoms with E-state index in [0.29, 0.717) is 25.2 Å². The topological polar surface area (TPSA) is 65.1 Å². The molecule has 1 heterocycles. The lowest BCUT2D eigenvalue weighted by Gasteiger charge is -2.35. The van der Waals surface area contributed by atoms with E-state index in [0.717, 1.165) is 77.9 Å². The van der Waals surface area contributed by atoms with Gasteiger partial charge in [-0.3, -0.25) is 14.5 Å². The Labute approximate surface area is 332 Å². The minimum Gasteiger partial charge on any atom is -0.497 e. The number of ketones is 1. The molecule has 0 N–H and O–H groups in total. The Balaban J connectivity index is 0.983. The number of piperidine rings is 1. The molecule has 2 fully saturated rings. The fourth-order valence-electron chi connectivity index (χ4n) is 8.53. The average molecular weight is 748 g/mol. The molecule has 6 nitrogen and oxygen atoms in total. The van der Waals surface area contributed by atoms with Gasteiger partial charge in [0.05, 0.1) is 25.9 Å². The van der Waals surface area contributed by atoms with Gasteiger partial charge in [-0.05, 0) is 74.0 Å². The molecular weight excluding hydrogens is 695 g/mol. The number of rotatable bonds is 16. The maximum absolute atomic E-state index is 13.7. The van der Waals surface area contributed by atoms with Crippen LogP contribution in [0.1, 0.15) is 73.6 Å². The van der Waals surface area contributed by atoms with E-state index < -0.39 is 5.60 Å².